The molecule has 0 bridgehead atoms. The summed E-state index contributed by atoms with van der Waals surface area (Å²) in [5, 5.41) is 19.0. The van der Waals surface area contributed by atoms with Crippen LogP contribution in [-0.2, 0) is 4.79 Å². The molecule has 2 rings (SSSR count). The van der Waals surface area contributed by atoms with Gasteiger partial charge < -0.3 is 20.0 Å². The Morgan fingerprint density at radius 2 is 2.00 bits per heavy atom. The summed E-state index contributed by atoms with van der Waals surface area (Å²) in [6.07, 6.45) is -0.369. The standard InChI is InChI=1S/C14H22N4O3/c1-8-9(2)15-14(17(3)4)16-12(8)18-6-5-11(19)10(7-18)13(20)21/h10-11,19H,5-7H2,1-4H3,(H,20,21)/t10-,11-/m1/s1. The number of hydrogen-bond donors (Lipinski definition) is 2. The molecule has 1 aliphatic heterocycles. The zero-order valence-corrected chi connectivity index (χ0v) is 12.9. The molecule has 1 saturated heterocycles. The second-order valence-corrected chi connectivity index (χ2v) is 5.70. The molecule has 1 aliphatic rings. The number of nitrogens with zero attached hydrogens (tertiary/aromatic N) is 4. The fraction of sp³-hybridized carbons (Fsp3) is 0.643. The zero-order valence-electron chi connectivity index (χ0n) is 12.9. The Morgan fingerprint density at radius 3 is 2.57 bits per heavy atom. The van der Waals surface area contributed by atoms with Crippen molar-refractivity contribution in [2.24, 2.45) is 5.92 Å². The van der Waals surface area contributed by atoms with Crippen molar-refractivity contribution in [2.75, 3.05) is 37.0 Å². The maximum absolute atomic E-state index is 11.2. The highest BCUT2D eigenvalue weighted by molar-refractivity contribution is 5.72. The van der Waals surface area contributed by atoms with E-state index in [0.29, 0.717) is 18.9 Å². The van der Waals surface area contributed by atoms with Gasteiger partial charge in [0.1, 0.15) is 11.7 Å². The minimum Gasteiger partial charge on any atom is -0.481 e. The summed E-state index contributed by atoms with van der Waals surface area (Å²) in [6, 6.07) is 0. The largest absolute Gasteiger partial charge is 0.481 e. The smallest absolute Gasteiger partial charge is 0.310 e. The lowest BCUT2D eigenvalue weighted by Gasteiger charge is -2.36. The number of anilines is 2. The molecule has 0 amide bonds. The van der Waals surface area contributed by atoms with Crippen LogP contribution in [0.1, 0.15) is 17.7 Å². The monoisotopic (exact) mass is 294 g/mol. The van der Waals surface area contributed by atoms with Crippen molar-refractivity contribution < 1.29 is 15.0 Å². The number of aliphatic hydroxyl groups is 1. The summed E-state index contributed by atoms with van der Waals surface area (Å²) in [7, 11) is 3.74. The van der Waals surface area contributed by atoms with Crippen LogP contribution in [0.25, 0.3) is 0 Å². The summed E-state index contributed by atoms with van der Waals surface area (Å²) >= 11 is 0. The van der Waals surface area contributed by atoms with Gasteiger partial charge in [-0.2, -0.15) is 4.98 Å². The number of aliphatic carboxylic acids is 1. The highest BCUT2D eigenvalue weighted by Crippen LogP contribution is 2.27. The van der Waals surface area contributed by atoms with Gasteiger partial charge in [-0.05, 0) is 20.3 Å². The Kier molecular flexibility index (Phi) is 4.32. The maximum atomic E-state index is 11.2. The number of aliphatic hydroxyl groups excluding tert-OH is 1. The van der Waals surface area contributed by atoms with Crippen LogP contribution < -0.4 is 9.80 Å². The predicted octanol–water partition coefficient (Wildman–Crippen LogP) is 0.431. The van der Waals surface area contributed by atoms with E-state index in [1.165, 1.54) is 0 Å². The molecule has 7 heteroatoms. The van der Waals surface area contributed by atoms with Crippen molar-refractivity contribution >= 4 is 17.7 Å². The minimum absolute atomic E-state index is 0.265. The van der Waals surface area contributed by atoms with Crippen LogP contribution in [0.15, 0.2) is 0 Å². The van der Waals surface area contributed by atoms with Gasteiger partial charge in [-0.1, -0.05) is 0 Å². The normalized spacial score (nSPS) is 22.2. The Balaban J connectivity index is 2.35. The topological polar surface area (TPSA) is 89.8 Å². The molecule has 0 saturated carbocycles. The van der Waals surface area contributed by atoms with Crippen LogP contribution in [0.5, 0.6) is 0 Å². The lowest BCUT2D eigenvalue weighted by atomic mass is 9.94. The first-order valence-electron chi connectivity index (χ1n) is 6.99. The van der Waals surface area contributed by atoms with Gasteiger partial charge in [-0.15, -0.1) is 0 Å². The van der Waals surface area contributed by atoms with E-state index in [2.05, 4.69) is 9.97 Å². The Labute approximate surface area is 124 Å². The fourth-order valence-corrected chi connectivity index (χ4v) is 2.48. The van der Waals surface area contributed by atoms with Gasteiger partial charge in [0, 0.05) is 38.4 Å². The molecular weight excluding hydrogens is 272 g/mol. The van der Waals surface area contributed by atoms with Gasteiger partial charge >= 0.3 is 5.97 Å². The Hall–Kier alpha value is -1.89. The molecule has 21 heavy (non-hydrogen) atoms. The molecule has 1 aromatic heterocycles. The number of aryl methyl sites for hydroxylation is 1. The van der Waals surface area contributed by atoms with E-state index in [1.54, 1.807) is 0 Å². The van der Waals surface area contributed by atoms with E-state index in [1.807, 2.05) is 37.7 Å². The average molecular weight is 294 g/mol. The number of carboxylic acid groups (broad SMARTS) is 1. The van der Waals surface area contributed by atoms with Gasteiger partial charge in [0.05, 0.1) is 6.10 Å². The molecule has 116 valence electrons. The molecule has 0 spiro atoms. The quantitative estimate of drug-likeness (QED) is 0.835. The third-order valence-electron chi connectivity index (χ3n) is 3.94. The van der Waals surface area contributed by atoms with Crippen molar-refractivity contribution in [1.29, 1.82) is 0 Å². The van der Waals surface area contributed by atoms with Gasteiger partial charge in [-0.25, -0.2) is 4.98 Å². The van der Waals surface area contributed by atoms with Crippen LogP contribution in [0, 0.1) is 19.8 Å². The lowest BCUT2D eigenvalue weighted by molar-refractivity contribution is -0.146. The summed E-state index contributed by atoms with van der Waals surface area (Å²) in [6.45, 7) is 4.71. The SMILES string of the molecule is Cc1nc(N(C)C)nc(N2CC[C@@H](O)[C@H](C(=O)O)C2)c1C. The van der Waals surface area contributed by atoms with E-state index in [9.17, 15) is 15.0 Å². The van der Waals surface area contributed by atoms with E-state index in [0.717, 1.165) is 17.1 Å². The van der Waals surface area contributed by atoms with Gasteiger partial charge in [0.2, 0.25) is 5.95 Å². The van der Waals surface area contributed by atoms with E-state index >= 15 is 0 Å². The molecule has 7 nitrogen and oxygen atoms in total. The third-order valence-corrected chi connectivity index (χ3v) is 3.94. The van der Waals surface area contributed by atoms with Crippen molar-refractivity contribution in [2.45, 2.75) is 26.4 Å². The summed E-state index contributed by atoms with van der Waals surface area (Å²) < 4.78 is 0. The molecule has 1 aromatic rings. The second-order valence-electron chi connectivity index (χ2n) is 5.70. The number of hydrogen-bond acceptors (Lipinski definition) is 6. The Morgan fingerprint density at radius 1 is 1.33 bits per heavy atom. The highest BCUT2D eigenvalue weighted by Gasteiger charge is 2.34. The van der Waals surface area contributed by atoms with Crippen LogP contribution in [0.2, 0.25) is 0 Å². The number of aromatic nitrogens is 2. The van der Waals surface area contributed by atoms with Crippen LogP contribution in [0.3, 0.4) is 0 Å². The minimum atomic E-state index is -0.969. The molecular formula is C14H22N4O3. The molecule has 0 aromatic carbocycles. The summed E-state index contributed by atoms with van der Waals surface area (Å²) in [4.78, 5) is 24.0. The van der Waals surface area contributed by atoms with Crippen LogP contribution >= 0.6 is 0 Å². The van der Waals surface area contributed by atoms with Gasteiger partial charge in [0.15, 0.2) is 0 Å². The average Bonchev–Trinajstić information content (AvgIpc) is 2.42. The third kappa shape index (κ3) is 3.07. The molecule has 2 N–H and O–H groups in total. The van der Waals surface area contributed by atoms with Crippen LogP contribution in [0.4, 0.5) is 11.8 Å². The maximum Gasteiger partial charge on any atom is 0.310 e. The van der Waals surface area contributed by atoms with Gasteiger partial charge in [-0.3, -0.25) is 4.79 Å². The highest BCUT2D eigenvalue weighted by atomic mass is 16.4. The molecule has 1 fully saturated rings. The van der Waals surface area contributed by atoms with E-state index < -0.39 is 18.0 Å². The zero-order chi connectivity index (χ0) is 15.7. The number of piperidine rings is 1. The molecule has 2 heterocycles. The van der Waals surface area contributed by atoms with Crippen molar-refractivity contribution in [3.05, 3.63) is 11.3 Å². The summed E-state index contributed by atoms with van der Waals surface area (Å²) in [5.41, 5.74) is 1.82. The molecule has 0 unspecified atom stereocenters. The lowest BCUT2D eigenvalue weighted by Crippen LogP contribution is -2.47. The first kappa shape index (κ1) is 15.5. The number of carbonyl (C=O) groups is 1. The fourth-order valence-electron chi connectivity index (χ4n) is 2.48. The first-order chi connectivity index (χ1) is 9.81. The van der Waals surface area contributed by atoms with Crippen molar-refractivity contribution in [3.8, 4) is 0 Å². The van der Waals surface area contributed by atoms with E-state index in [4.69, 9.17) is 0 Å². The van der Waals surface area contributed by atoms with Gasteiger partial charge in [0.25, 0.3) is 0 Å². The van der Waals surface area contributed by atoms with Crippen molar-refractivity contribution in [3.63, 3.8) is 0 Å². The van der Waals surface area contributed by atoms with Crippen molar-refractivity contribution in [1.82, 2.24) is 9.97 Å². The molecule has 0 aliphatic carbocycles. The number of rotatable bonds is 3. The van der Waals surface area contributed by atoms with Crippen LogP contribution in [-0.4, -0.2) is 59.4 Å². The Bertz CT molecular complexity index is 547. The summed E-state index contributed by atoms with van der Waals surface area (Å²) in [5.74, 6) is -0.393. The molecule has 0 radical (unpaired) electrons. The first-order valence-corrected chi connectivity index (χ1v) is 6.99. The number of carboxylic acids is 1. The van der Waals surface area contributed by atoms with E-state index in [-0.39, 0.29) is 6.54 Å². The second kappa shape index (κ2) is 5.85. The molecule has 2 atom stereocenters. The predicted molar refractivity (Wildman–Crippen MR) is 79.8 cm³/mol.